The van der Waals surface area contributed by atoms with Crippen LogP contribution in [0.1, 0.15) is 19.4 Å². The van der Waals surface area contributed by atoms with Crippen molar-refractivity contribution in [2.24, 2.45) is 0 Å². The Morgan fingerprint density at radius 2 is 2.06 bits per heavy atom. The Morgan fingerprint density at radius 1 is 1.35 bits per heavy atom. The first kappa shape index (κ1) is 14.0. The Balaban J connectivity index is 2.63. The Morgan fingerprint density at radius 3 is 2.65 bits per heavy atom. The van der Waals surface area contributed by atoms with Crippen molar-refractivity contribution >= 4 is 17.5 Å². The van der Waals surface area contributed by atoms with Crippen LogP contribution in [0, 0.1) is 0 Å². The minimum absolute atomic E-state index is 0.106. The number of nitrogens with zero attached hydrogens (tertiary/aromatic N) is 1. The summed E-state index contributed by atoms with van der Waals surface area (Å²) in [5.74, 6) is 0.106. The number of amides is 1. The van der Waals surface area contributed by atoms with Gasteiger partial charge in [0.15, 0.2) is 0 Å². The lowest BCUT2D eigenvalue weighted by atomic mass is 10.2. The Labute approximate surface area is 108 Å². The molecule has 0 unspecified atom stereocenters. The standard InChI is InChI=1S/C13H19ClN2O/c1-3-15-9-13(17)16(4-2)10-11-7-5-6-8-12(11)14/h5-8,15H,3-4,9-10H2,1-2H3. The summed E-state index contributed by atoms with van der Waals surface area (Å²) in [5, 5.41) is 3.75. The molecule has 17 heavy (non-hydrogen) atoms. The molecule has 0 saturated heterocycles. The topological polar surface area (TPSA) is 32.3 Å². The van der Waals surface area contributed by atoms with Gasteiger partial charge in [-0.05, 0) is 25.1 Å². The number of benzene rings is 1. The van der Waals surface area contributed by atoms with Gasteiger partial charge < -0.3 is 10.2 Å². The third-order valence-electron chi connectivity index (χ3n) is 2.58. The number of rotatable bonds is 6. The lowest BCUT2D eigenvalue weighted by molar-refractivity contribution is -0.130. The predicted octanol–water partition coefficient (Wildman–Crippen LogP) is 2.30. The van der Waals surface area contributed by atoms with Crippen LogP contribution in [0.3, 0.4) is 0 Å². The van der Waals surface area contributed by atoms with Crippen molar-refractivity contribution in [3.63, 3.8) is 0 Å². The molecule has 0 fully saturated rings. The van der Waals surface area contributed by atoms with Crippen LogP contribution < -0.4 is 5.32 Å². The number of nitrogens with one attached hydrogen (secondary N) is 1. The van der Waals surface area contributed by atoms with Gasteiger partial charge in [0.1, 0.15) is 0 Å². The third-order valence-corrected chi connectivity index (χ3v) is 2.95. The molecule has 0 spiro atoms. The smallest absolute Gasteiger partial charge is 0.236 e. The van der Waals surface area contributed by atoms with Gasteiger partial charge in [-0.15, -0.1) is 0 Å². The Bertz CT molecular complexity index is 368. The van der Waals surface area contributed by atoms with Crippen molar-refractivity contribution in [2.75, 3.05) is 19.6 Å². The van der Waals surface area contributed by atoms with Gasteiger partial charge >= 0.3 is 0 Å². The highest BCUT2D eigenvalue weighted by molar-refractivity contribution is 6.31. The number of carbonyl (C=O) groups is 1. The molecular weight excluding hydrogens is 236 g/mol. The van der Waals surface area contributed by atoms with E-state index in [-0.39, 0.29) is 5.91 Å². The first-order chi connectivity index (χ1) is 8.19. The predicted molar refractivity (Wildman–Crippen MR) is 71.1 cm³/mol. The molecule has 1 aromatic carbocycles. The van der Waals surface area contributed by atoms with E-state index in [1.165, 1.54) is 0 Å². The van der Waals surface area contributed by atoms with Crippen LogP contribution in [0.4, 0.5) is 0 Å². The summed E-state index contributed by atoms with van der Waals surface area (Å²) in [6.07, 6.45) is 0. The molecule has 1 rings (SSSR count). The fourth-order valence-electron chi connectivity index (χ4n) is 1.55. The van der Waals surface area contributed by atoms with Crippen LogP contribution in [0.5, 0.6) is 0 Å². The molecular formula is C13H19ClN2O. The average molecular weight is 255 g/mol. The molecule has 0 atom stereocenters. The zero-order valence-electron chi connectivity index (χ0n) is 10.4. The van der Waals surface area contributed by atoms with Crippen molar-refractivity contribution in [2.45, 2.75) is 20.4 Å². The zero-order chi connectivity index (χ0) is 12.7. The van der Waals surface area contributed by atoms with Crippen LogP contribution in [0.2, 0.25) is 5.02 Å². The van der Waals surface area contributed by atoms with Crippen LogP contribution in [-0.4, -0.2) is 30.4 Å². The molecule has 0 aliphatic rings. The summed E-state index contributed by atoms with van der Waals surface area (Å²) in [6.45, 7) is 6.40. The molecule has 0 radical (unpaired) electrons. The van der Waals surface area contributed by atoms with Gasteiger partial charge in [0.05, 0.1) is 6.54 Å². The second-order valence-corrected chi connectivity index (χ2v) is 4.19. The molecule has 94 valence electrons. The van der Waals surface area contributed by atoms with Crippen molar-refractivity contribution in [1.29, 1.82) is 0 Å². The Hall–Kier alpha value is -1.06. The van der Waals surface area contributed by atoms with Crippen molar-refractivity contribution in [3.8, 4) is 0 Å². The second-order valence-electron chi connectivity index (χ2n) is 3.78. The molecule has 3 nitrogen and oxygen atoms in total. The van der Waals surface area contributed by atoms with E-state index in [1.807, 2.05) is 38.1 Å². The quantitative estimate of drug-likeness (QED) is 0.845. The molecule has 1 aromatic rings. The lowest BCUT2D eigenvalue weighted by Gasteiger charge is -2.21. The maximum atomic E-state index is 11.9. The van der Waals surface area contributed by atoms with E-state index in [4.69, 9.17) is 11.6 Å². The number of likely N-dealkylation sites (N-methyl/N-ethyl adjacent to an activating group) is 2. The summed E-state index contributed by atoms with van der Waals surface area (Å²) >= 11 is 6.08. The second kappa shape index (κ2) is 7.30. The normalized spacial score (nSPS) is 10.3. The monoisotopic (exact) mass is 254 g/mol. The number of hydrogen-bond acceptors (Lipinski definition) is 2. The van der Waals surface area contributed by atoms with Gasteiger partial charge in [0, 0.05) is 18.1 Å². The maximum Gasteiger partial charge on any atom is 0.236 e. The first-order valence-electron chi connectivity index (χ1n) is 5.90. The van der Waals surface area contributed by atoms with Crippen molar-refractivity contribution in [3.05, 3.63) is 34.9 Å². The zero-order valence-corrected chi connectivity index (χ0v) is 11.1. The average Bonchev–Trinajstić information content (AvgIpc) is 2.35. The van der Waals surface area contributed by atoms with Gasteiger partial charge in [0.25, 0.3) is 0 Å². The van der Waals surface area contributed by atoms with E-state index in [9.17, 15) is 4.79 Å². The molecule has 0 heterocycles. The van der Waals surface area contributed by atoms with Gasteiger partial charge in [-0.2, -0.15) is 0 Å². The van der Waals surface area contributed by atoms with E-state index in [1.54, 1.807) is 4.90 Å². The van der Waals surface area contributed by atoms with Crippen molar-refractivity contribution < 1.29 is 4.79 Å². The number of hydrogen-bond donors (Lipinski definition) is 1. The van der Waals surface area contributed by atoms with E-state index in [0.717, 1.165) is 12.1 Å². The van der Waals surface area contributed by atoms with Gasteiger partial charge in [-0.3, -0.25) is 4.79 Å². The molecule has 1 amide bonds. The number of halogens is 1. The van der Waals surface area contributed by atoms with E-state index in [2.05, 4.69) is 5.32 Å². The summed E-state index contributed by atoms with van der Waals surface area (Å²) in [4.78, 5) is 13.7. The largest absolute Gasteiger partial charge is 0.337 e. The molecule has 4 heteroatoms. The fraction of sp³-hybridized carbons (Fsp3) is 0.462. The van der Waals surface area contributed by atoms with Gasteiger partial charge in [-0.1, -0.05) is 36.7 Å². The molecule has 0 aliphatic heterocycles. The summed E-state index contributed by atoms with van der Waals surface area (Å²) in [6, 6.07) is 7.62. The summed E-state index contributed by atoms with van der Waals surface area (Å²) in [5.41, 5.74) is 0.987. The third kappa shape index (κ3) is 4.36. The maximum absolute atomic E-state index is 11.9. The van der Waals surface area contributed by atoms with Crippen LogP contribution in [0.15, 0.2) is 24.3 Å². The molecule has 0 bridgehead atoms. The van der Waals surface area contributed by atoms with Gasteiger partial charge in [0.2, 0.25) is 5.91 Å². The van der Waals surface area contributed by atoms with E-state index >= 15 is 0 Å². The highest BCUT2D eigenvalue weighted by Crippen LogP contribution is 2.16. The Kier molecular flexibility index (Phi) is 6.01. The lowest BCUT2D eigenvalue weighted by Crippen LogP contribution is -2.37. The van der Waals surface area contributed by atoms with E-state index in [0.29, 0.717) is 24.7 Å². The summed E-state index contributed by atoms with van der Waals surface area (Å²) in [7, 11) is 0. The molecule has 0 aromatic heterocycles. The van der Waals surface area contributed by atoms with Crippen molar-refractivity contribution in [1.82, 2.24) is 10.2 Å². The molecule has 1 N–H and O–H groups in total. The van der Waals surface area contributed by atoms with Crippen LogP contribution in [-0.2, 0) is 11.3 Å². The SMILES string of the molecule is CCNCC(=O)N(CC)Cc1ccccc1Cl. The minimum atomic E-state index is 0.106. The minimum Gasteiger partial charge on any atom is -0.337 e. The number of carbonyl (C=O) groups excluding carboxylic acids is 1. The van der Waals surface area contributed by atoms with Crippen LogP contribution >= 0.6 is 11.6 Å². The van der Waals surface area contributed by atoms with Crippen LogP contribution in [0.25, 0.3) is 0 Å². The highest BCUT2D eigenvalue weighted by atomic mass is 35.5. The molecule has 0 saturated carbocycles. The highest BCUT2D eigenvalue weighted by Gasteiger charge is 2.12. The summed E-state index contributed by atoms with van der Waals surface area (Å²) < 4.78 is 0. The van der Waals surface area contributed by atoms with Gasteiger partial charge in [-0.25, -0.2) is 0 Å². The first-order valence-corrected chi connectivity index (χ1v) is 6.28. The fourth-order valence-corrected chi connectivity index (χ4v) is 1.75. The molecule has 0 aliphatic carbocycles. The van der Waals surface area contributed by atoms with E-state index < -0.39 is 0 Å².